The van der Waals surface area contributed by atoms with Gasteiger partial charge in [0.1, 0.15) is 11.4 Å². The Kier molecular flexibility index (Phi) is 11.4. The summed E-state index contributed by atoms with van der Waals surface area (Å²) < 4.78 is 37.3. The van der Waals surface area contributed by atoms with Gasteiger partial charge in [0.15, 0.2) is 5.76 Å². The molecule has 0 atom stereocenters. The number of benzene rings is 1. The molecule has 2 aromatic heterocycles. The number of carboxylic acid groups (broad SMARTS) is 2. The second-order valence-corrected chi connectivity index (χ2v) is 10.5. The lowest BCUT2D eigenvalue weighted by Gasteiger charge is -2.32. The Morgan fingerprint density at radius 1 is 1.05 bits per heavy atom. The van der Waals surface area contributed by atoms with E-state index in [0.717, 1.165) is 45.3 Å². The van der Waals surface area contributed by atoms with Gasteiger partial charge in [-0.15, -0.1) is 0 Å². The summed E-state index contributed by atoms with van der Waals surface area (Å²) in [4.78, 5) is 43.2. The largest absolute Gasteiger partial charge is 0.490 e. The average molecular weight is 590 g/mol. The Hall–Kier alpha value is -4.06. The van der Waals surface area contributed by atoms with Crippen LogP contribution in [0.4, 0.5) is 13.2 Å². The molecule has 0 unspecified atom stereocenters. The fraction of sp³-hybridized carbons (Fsp3) is 0.433. The number of carbonyl (C=O) groups is 3. The summed E-state index contributed by atoms with van der Waals surface area (Å²) in [6.45, 7) is 7.62. The van der Waals surface area contributed by atoms with Crippen molar-refractivity contribution < 1.29 is 42.2 Å². The molecule has 2 N–H and O–H groups in total. The topological polar surface area (TPSA) is 134 Å². The van der Waals surface area contributed by atoms with E-state index in [-0.39, 0.29) is 17.4 Å². The van der Waals surface area contributed by atoms with Crippen molar-refractivity contribution in [3.63, 3.8) is 0 Å². The number of ketones is 1. The van der Waals surface area contributed by atoms with Crippen LogP contribution in [0.15, 0.2) is 53.1 Å². The number of oxazole rings is 1. The molecule has 226 valence electrons. The minimum absolute atomic E-state index is 0.0563. The zero-order valence-electron chi connectivity index (χ0n) is 23.4. The number of pyridine rings is 1. The fourth-order valence-electron chi connectivity index (χ4n) is 4.57. The summed E-state index contributed by atoms with van der Waals surface area (Å²) >= 11 is 0. The third kappa shape index (κ3) is 9.79. The number of aromatic carboxylic acids is 1. The maximum absolute atomic E-state index is 12.5. The quantitative estimate of drug-likeness (QED) is 0.256. The molecule has 1 fully saturated rings. The molecule has 1 aliphatic heterocycles. The zero-order valence-corrected chi connectivity index (χ0v) is 23.4. The Morgan fingerprint density at radius 3 is 2.26 bits per heavy atom. The van der Waals surface area contributed by atoms with Crippen LogP contribution >= 0.6 is 0 Å². The number of aliphatic carboxylic acids is 1. The predicted octanol–water partition coefficient (Wildman–Crippen LogP) is 6.46. The number of nitrogens with zero attached hydrogens (tertiary/aromatic N) is 3. The van der Waals surface area contributed by atoms with Crippen molar-refractivity contribution in [3.05, 3.63) is 71.4 Å². The van der Waals surface area contributed by atoms with E-state index in [4.69, 9.17) is 19.4 Å². The first-order valence-corrected chi connectivity index (χ1v) is 13.6. The number of carboxylic acids is 2. The maximum Gasteiger partial charge on any atom is 0.490 e. The van der Waals surface area contributed by atoms with Crippen LogP contribution in [0, 0.1) is 5.92 Å². The van der Waals surface area contributed by atoms with E-state index in [2.05, 4.69) is 53.0 Å². The van der Waals surface area contributed by atoms with Gasteiger partial charge < -0.3 is 14.6 Å². The number of carbonyl (C=O) groups excluding carboxylic acids is 1. The lowest BCUT2D eigenvalue weighted by atomic mass is 9.91. The van der Waals surface area contributed by atoms with Gasteiger partial charge in [-0.3, -0.25) is 9.69 Å². The van der Waals surface area contributed by atoms with Crippen LogP contribution in [-0.4, -0.2) is 62.1 Å². The highest BCUT2D eigenvalue weighted by Crippen LogP contribution is 2.25. The van der Waals surface area contributed by atoms with Crippen molar-refractivity contribution >= 4 is 17.7 Å². The Bertz CT molecular complexity index is 1350. The summed E-state index contributed by atoms with van der Waals surface area (Å²) in [5, 5.41) is 16.2. The van der Waals surface area contributed by atoms with Crippen molar-refractivity contribution in [1.29, 1.82) is 0 Å². The molecule has 0 spiro atoms. The second-order valence-electron chi connectivity index (χ2n) is 10.5. The van der Waals surface area contributed by atoms with E-state index in [1.807, 2.05) is 0 Å². The number of likely N-dealkylation sites (tertiary alicyclic amines) is 1. The molecular formula is C30H34F3N3O6. The van der Waals surface area contributed by atoms with E-state index in [0.29, 0.717) is 29.7 Å². The number of aromatic nitrogens is 2. The summed E-state index contributed by atoms with van der Waals surface area (Å²) in [6.07, 6.45) is 0.890. The Morgan fingerprint density at radius 2 is 1.69 bits per heavy atom. The molecule has 12 heteroatoms. The van der Waals surface area contributed by atoms with E-state index in [9.17, 15) is 22.8 Å². The molecule has 0 aliphatic carbocycles. The first-order chi connectivity index (χ1) is 19.8. The molecule has 1 saturated heterocycles. The number of Topliss-reactive ketones (excluding diaryl/α,β-unsaturated/α-hetero) is 1. The van der Waals surface area contributed by atoms with E-state index in [1.54, 1.807) is 12.1 Å². The smallest absolute Gasteiger partial charge is 0.477 e. The van der Waals surface area contributed by atoms with Gasteiger partial charge in [-0.1, -0.05) is 44.2 Å². The lowest BCUT2D eigenvalue weighted by molar-refractivity contribution is -0.192. The van der Waals surface area contributed by atoms with Crippen LogP contribution < -0.4 is 0 Å². The molecule has 0 bridgehead atoms. The molecule has 3 heterocycles. The molecule has 0 radical (unpaired) electrons. The number of halogens is 3. The van der Waals surface area contributed by atoms with Gasteiger partial charge in [0, 0.05) is 13.0 Å². The predicted molar refractivity (Wildman–Crippen MR) is 147 cm³/mol. The molecule has 0 amide bonds. The average Bonchev–Trinajstić information content (AvgIpc) is 3.45. The highest BCUT2D eigenvalue weighted by atomic mass is 19.4. The molecule has 42 heavy (non-hydrogen) atoms. The third-order valence-corrected chi connectivity index (χ3v) is 6.98. The van der Waals surface area contributed by atoms with Crippen molar-refractivity contribution in [2.75, 3.05) is 13.1 Å². The highest BCUT2D eigenvalue weighted by molar-refractivity contribution is 5.92. The molecular weight excluding hydrogens is 555 g/mol. The monoisotopic (exact) mass is 589 g/mol. The van der Waals surface area contributed by atoms with Gasteiger partial charge in [-0.25, -0.2) is 19.6 Å². The summed E-state index contributed by atoms with van der Waals surface area (Å²) in [5.74, 6) is -2.45. The molecule has 1 aromatic carbocycles. The first kappa shape index (κ1) is 32.5. The van der Waals surface area contributed by atoms with Crippen molar-refractivity contribution in [3.8, 4) is 11.5 Å². The molecule has 9 nitrogen and oxygen atoms in total. The van der Waals surface area contributed by atoms with Crippen LogP contribution in [0.5, 0.6) is 0 Å². The van der Waals surface area contributed by atoms with Crippen LogP contribution in [0.2, 0.25) is 0 Å². The second kappa shape index (κ2) is 14.7. The summed E-state index contributed by atoms with van der Waals surface area (Å²) in [5.41, 5.74) is 3.02. The van der Waals surface area contributed by atoms with Gasteiger partial charge in [-0.05, 0) is 73.9 Å². The fourth-order valence-corrected chi connectivity index (χ4v) is 4.57. The Labute approximate surface area is 241 Å². The van der Waals surface area contributed by atoms with E-state index < -0.39 is 18.1 Å². The highest BCUT2D eigenvalue weighted by Gasteiger charge is 2.38. The number of alkyl halides is 3. The van der Waals surface area contributed by atoms with Gasteiger partial charge in [0.2, 0.25) is 5.78 Å². The van der Waals surface area contributed by atoms with E-state index in [1.165, 1.54) is 23.4 Å². The molecule has 4 rings (SSSR count). The maximum atomic E-state index is 12.5. The van der Waals surface area contributed by atoms with Crippen LogP contribution in [0.1, 0.15) is 84.2 Å². The van der Waals surface area contributed by atoms with Gasteiger partial charge >= 0.3 is 18.1 Å². The summed E-state index contributed by atoms with van der Waals surface area (Å²) in [6, 6.07) is 13.6. The van der Waals surface area contributed by atoms with Crippen LogP contribution in [-0.2, 0) is 11.3 Å². The number of hydrogen-bond donors (Lipinski definition) is 2. The minimum atomic E-state index is -5.08. The van der Waals surface area contributed by atoms with Crippen molar-refractivity contribution in [2.24, 2.45) is 5.92 Å². The molecule has 3 aromatic rings. The van der Waals surface area contributed by atoms with Gasteiger partial charge in [0.05, 0.1) is 6.20 Å². The van der Waals surface area contributed by atoms with Crippen LogP contribution in [0.25, 0.3) is 11.5 Å². The van der Waals surface area contributed by atoms with E-state index >= 15 is 0 Å². The van der Waals surface area contributed by atoms with Crippen molar-refractivity contribution in [1.82, 2.24) is 14.9 Å². The molecule has 1 aliphatic rings. The standard InChI is InChI=1S/C28H33N3O4.C2HF3O2/c1-19(2)22-11-9-21(10-12-22)18-31-15-13-20(14-16-31)5-3-8-25(32)27-29-17-26(35-27)23-6-4-7-24(30-23)28(33)34;3-2(4,5)1(6)7/h4,6-7,9-12,17,19-20H,3,5,8,13-16,18H2,1-2H3,(H,33,34);(H,6,7). The van der Waals surface area contributed by atoms with Crippen LogP contribution in [0.3, 0.4) is 0 Å². The number of hydrogen-bond acceptors (Lipinski definition) is 7. The molecule has 0 saturated carbocycles. The number of rotatable bonds is 10. The zero-order chi connectivity index (χ0) is 30.9. The number of piperidine rings is 1. The minimum Gasteiger partial charge on any atom is -0.477 e. The van der Waals surface area contributed by atoms with Crippen molar-refractivity contribution in [2.45, 2.75) is 64.6 Å². The van der Waals surface area contributed by atoms with Gasteiger partial charge in [-0.2, -0.15) is 13.2 Å². The lowest BCUT2D eigenvalue weighted by Crippen LogP contribution is -2.33. The third-order valence-electron chi connectivity index (χ3n) is 6.98. The normalized spacial score (nSPS) is 14.3. The SMILES string of the molecule is CC(C)c1ccc(CN2CCC(CCCC(=O)c3ncc(-c4cccc(C(=O)O)n4)o3)CC2)cc1.O=C(O)C(F)(F)F. The Balaban J connectivity index is 0.000000616. The first-order valence-electron chi connectivity index (χ1n) is 13.6. The summed E-state index contributed by atoms with van der Waals surface area (Å²) in [7, 11) is 0. The van der Waals surface area contributed by atoms with Gasteiger partial charge in [0.25, 0.3) is 5.89 Å².